The van der Waals surface area contributed by atoms with Gasteiger partial charge in [0.05, 0.1) is 19.2 Å². The van der Waals surface area contributed by atoms with Gasteiger partial charge in [-0.3, -0.25) is 9.59 Å². The molecule has 30 heavy (non-hydrogen) atoms. The van der Waals surface area contributed by atoms with Gasteiger partial charge in [0, 0.05) is 18.7 Å². The van der Waals surface area contributed by atoms with Crippen molar-refractivity contribution in [3.63, 3.8) is 0 Å². The standard InChI is InChI=1S/C22H22FN3O4/c1-29-16-9-7-15(8-10-16)24-20(27)19-13-22(30-25-19)11-4-12-26(14-22)21(28)17-5-2-3-6-18(17)23/h2-3,5-10H,4,11-14H2,1H3,(H,24,27)/t22-/m1/s1. The Morgan fingerprint density at radius 3 is 2.70 bits per heavy atom. The van der Waals surface area contributed by atoms with Gasteiger partial charge in [-0.15, -0.1) is 0 Å². The molecule has 1 N–H and O–H groups in total. The van der Waals surface area contributed by atoms with Crippen LogP contribution in [0.5, 0.6) is 5.75 Å². The molecule has 2 aliphatic heterocycles. The van der Waals surface area contributed by atoms with E-state index in [1.165, 1.54) is 12.1 Å². The number of hydrogen-bond acceptors (Lipinski definition) is 5. The highest BCUT2D eigenvalue weighted by atomic mass is 19.1. The molecule has 4 rings (SSSR count). The SMILES string of the molecule is COc1ccc(NC(=O)C2=NO[C@]3(CCCN(C(=O)c4ccccc4F)C3)C2)cc1. The number of likely N-dealkylation sites (tertiary alicyclic amines) is 1. The Balaban J connectivity index is 1.40. The molecular formula is C22H22FN3O4. The number of methoxy groups -OCH3 is 1. The lowest BCUT2D eigenvalue weighted by atomic mass is 9.87. The van der Waals surface area contributed by atoms with Crippen molar-refractivity contribution in [2.24, 2.45) is 5.16 Å². The molecule has 0 aliphatic carbocycles. The second-order valence-corrected chi connectivity index (χ2v) is 7.48. The van der Waals surface area contributed by atoms with E-state index in [4.69, 9.17) is 9.57 Å². The summed E-state index contributed by atoms with van der Waals surface area (Å²) in [6, 6.07) is 12.9. The summed E-state index contributed by atoms with van der Waals surface area (Å²) < 4.78 is 19.1. The lowest BCUT2D eigenvalue weighted by Gasteiger charge is -2.38. The topological polar surface area (TPSA) is 80.2 Å². The average molecular weight is 411 g/mol. The van der Waals surface area contributed by atoms with Crippen LogP contribution in [-0.2, 0) is 9.63 Å². The number of carbonyl (C=O) groups is 2. The Bertz CT molecular complexity index is 992. The highest BCUT2D eigenvalue weighted by Crippen LogP contribution is 2.34. The summed E-state index contributed by atoms with van der Waals surface area (Å²) in [5, 5.41) is 6.78. The van der Waals surface area contributed by atoms with Crippen molar-refractivity contribution in [1.29, 1.82) is 0 Å². The molecule has 1 spiro atoms. The van der Waals surface area contributed by atoms with Gasteiger partial charge in [0.15, 0.2) is 5.60 Å². The van der Waals surface area contributed by atoms with Gasteiger partial charge >= 0.3 is 0 Å². The van der Waals surface area contributed by atoms with Crippen LogP contribution in [0.2, 0.25) is 0 Å². The third-order valence-electron chi connectivity index (χ3n) is 5.38. The van der Waals surface area contributed by atoms with E-state index in [0.717, 1.165) is 0 Å². The van der Waals surface area contributed by atoms with E-state index in [1.807, 2.05) is 0 Å². The summed E-state index contributed by atoms with van der Waals surface area (Å²) in [5.74, 6) is -0.595. The van der Waals surface area contributed by atoms with Gasteiger partial charge in [-0.05, 0) is 49.2 Å². The van der Waals surface area contributed by atoms with Crippen molar-refractivity contribution in [3.8, 4) is 5.75 Å². The monoisotopic (exact) mass is 411 g/mol. The number of halogens is 1. The second-order valence-electron chi connectivity index (χ2n) is 7.48. The number of ether oxygens (including phenoxy) is 1. The number of anilines is 1. The fraction of sp³-hybridized carbons (Fsp3) is 0.318. The third kappa shape index (κ3) is 3.98. The van der Waals surface area contributed by atoms with Crippen molar-refractivity contribution in [2.45, 2.75) is 24.9 Å². The molecule has 8 heteroatoms. The molecule has 2 aromatic rings. The van der Waals surface area contributed by atoms with E-state index >= 15 is 0 Å². The van der Waals surface area contributed by atoms with Gasteiger partial charge in [-0.2, -0.15) is 0 Å². The first kappa shape index (κ1) is 19.9. The number of hydrogen-bond donors (Lipinski definition) is 1. The fourth-order valence-electron chi connectivity index (χ4n) is 3.82. The number of rotatable bonds is 4. The summed E-state index contributed by atoms with van der Waals surface area (Å²) in [5.41, 5.74) is 0.160. The fourth-order valence-corrected chi connectivity index (χ4v) is 3.82. The van der Waals surface area contributed by atoms with E-state index in [1.54, 1.807) is 48.4 Å². The van der Waals surface area contributed by atoms with Gasteiger partial charge in [0.2, 0.25) is 0 Å². The van der Waals surface area contributed by atoms with Crippen LogP contribution in [0.3, 0.4) is 0 Å². The quantitative estimate of drug-likeness (QED) is 0.838. The van der Waals surface area contributed by atoms with Crippen LogP contribution < -0.4 is 10.1 Å². The van der Waals surface area contributed by atoms with Crippen molar-refractivity contribution in [2.75, 3.05) is 25.5 Å². The van der Waals surface area contributed by atoms with Gasteiger partial charge in [0.1, 0.15) is 17.3 Å². The Hall–Kier alpha value is -3.42. The molecular weight excluding hydrogens is 389 g/mol. The third-order valence-corrected chi connectivity index (χ3v) is 5.38. The van der Waals surface area contributed by atoms with Crippen molar-refractivity contribution in [1.82, 2.24) is 4.90 Å². The van der Waals surface area contributed by atoms with Gasteiger partial charge in [-0.1, -0.05) is 17.3 Å². The normalized spacial score (nSPS) is 20.5. The summed E-state index contributed by atoms with van der Waals surface area (Å²) in [6.45, 7) is 0.759. The number of nitrogens with one attached hydrogen (secondary N) is 1. The second kappa shape index (κ2) is 8.14. The predicted octanol–water partition coefficient (Wildman–Crippen LogP) is 3.22. The van der Waals surface area contributed by atoms with E-state index < -0.39 is 11.4 Å². The average Bonchev–Trinajstić information content (AvgIpc) is 3.17. The Labute approximate surface area is 173 Å². The summed E-state index contributed by atoms with van der Waals surface area (Å²) in [4.78, 5) is 32.6. The Morgan fingerprint density at radius 2 is 1.97 bits per heavy atom. The molecule has 156 valence electrons. The maximum absolute atomic E-state index is 14.0. The van der Waals surface area contributed by atoms with Crippen LogP contribution in [-0.4, -0.2) is 48.2 Å². The van der Waals surface area contributed by atoms with E-state index in [0.29, 0.717) is 30.8 Å². The molecule has 0 aromatic heterocycles. The molecule has 0 radical (unpaired) electrons. The lowest BCUT2D eigenvalue weighted by molar-refractivity contribution is -0.110. The van der Waals surface area contributed by atoms with Crippen molar-refractivity contribution < 1.29 is 23.6 Å². The molecule has 1 fully saturated rings. The molecule has 1 atom stereocenters. The van der Waals surface area contributed by atoms with Crippen LogP contribution in [0, 0.1) is 5.82 Å². The number of oxime groups is 1. The highest BCUT2D eigenvalue weighted by Gasteiger charge is 2.45. The van der Waals surface area contributed by atoms with Gasteiger partial charge < -0.3 is 19.8 Å². The molecule has 0 saturated carbocycles. The smallest absolute Gasteiger partial charge is 0.273 e. The highest BCUT2D eigenvalue weighted by molar-refractivity contribution is 6.43. The minimum absolute atomic E-state index is 0.0333. The van der Waals surface area contributed by atoms with Crippen LogP contribution in [0.1, 0.15) is 29.6 Å². The van der Waals surface area contributed by atoms with E-state index in [2.05, 4.69) is 10.5 Å². The number of amides is 2. The summed E-state index contributed by atoms with van der Waals surface area (Å²) in [7, 11) is 1.57. The number of piperidine rings is 1. The minimum Gasteiger partial charge on any atom is -0.497 e. The predicted molar refractivity (Wildman–Crippen MR) is 109 cm³/mol. The van der Waals surface area contributed by atoms with Crippen LogP contribution in [0.25, 0.3) is 0 Å². The van der Waals surface area contributed by atoms with Crippen molar-refractivity contribution in [3.05, 3.63) is 59.9 Å². The first-order valence-electron chi connectivity index (χ1n) is 9.74. The van der Waals surface area contributed by atoms with Crippen LogP contribution in [0.15, 0.2) is 53.7 Å². The lowest BCUT2D eigenvalue weighted by Crippen LogP contribution is -2.51. The number of benzene rings is 2. The molecule has 2 aliphatic rings. The Morgan fingerprint density at radius 1 is 1.20 bits per heavy atom. The summed E-state index contributed by atoms with van der Waals surface area (Å²) in [6.07, 6.45) is 1.63. The van der Waals surface area contributed by atoms with Crippen LogP contribution in [0.4, 0.5) is 10.1 Å². The first-order chi connectivity index (χ1) is 14.5. The first-order valence-corrected chi connectivity index (χ1v) is 9.74. The zero-order valence-corrected chi connectivity index (χ0v) is 16.6. The molecule has 2 amide bonds. The van der Waals surface area contributed by atoms with E-state index in [-0.39, 0.29) is 36.1 Å². The molecule has 0 bridgehead atoms. The summed E-state index contributed by atoms with van der Waals surface area (Å²) >= 11 is 0. The molecule has 2 heterocycles. The molecule has 2 aromatic carbocycles. The number of nitrogens with zero attached hydrogens (tertiary/aromatic N) is 2. The molecule has 0 unspecified atom stereocenters. The van der Waals surface area contributed by atoms with Gasteiger partial charge in [0.25, 0.3) is 11.8 Å². The van der Waals surface area contributed by atoms with Crippen molar-refractivity contribution >= 4 is 23.2 Å². The zero-order valence-electron chi connectivity index (χ0n) is 16.6. The minimum atomic E-state index is -0.758. The molecule has 1 saturated heterocycles. The van der Waals surface area contributed by atoms with Crippen LogP contribution >= 0.6 is 0 Å². The maximum atomic E-state index is 14.0. The van der Waals surface area contributed by atoms with Gasteiger partial charge in [-0.25, -0.2) is 4.39 Å². The zero-order chi connectivity index (χ0) is 21.1. The number of carbonyl (C=O) groups excluding carboxylic acids is 2. The largest absolute Gasteiger partial charge is 0.497 e. The maximum Gasteiger partial charge on any atom is 0.273 e. The Kier molecular flexibility index (Phi) is 5.39. The molecule has 7 nitrogen and oxygen atoms in total. The van der Waals surface area contributed by atoms with E-state index in [9.17, 15) is 14.0 Å².